The van der Waals surface area contributed by atoms with Crippen LogP contribution in [0.25, 0.3) is 44.2 Å². The highest BCUT2D eigenvalue weighted by Gasteiger charge is 2.16. The lowest BCUT2D eigenvalue weighted by atomic mass is 9.96. The molecule has 0 unspecified atom stereocenters. The second kappa shape index (κ2) is 9.35. The molecule has 0 aromatic heterocycles. The van der Waals surface area contributed by atoms with Crippen LogP contribution in [0, 0.1) is 0 Å². The zero-order valence-corrected chi connectivity index (χ0v) is 24.4. The van der Waals surface area contributed by atoms with Crippen molar-refractivity contribution < 1.29 is 0 Å². The molecule has 5 aromatic carbocycles. The summed E-state index contributed by atoms with van der Waals surface area (Å²) in [6.45, 7) is 14.4. The van der Waals surface area contributed by atoms with Gasteiger partial charge in [-0.3, -0.25) is 0 Å². The average Bonchev–Trinajstić information content (AvgIpc) is 2.87. The number of hydrogen-bond donors (Lipinski definition) is 0. The lowest BCUT2D eigenvalue weighted by Crippen LogP contribution is -2.37. The minimum Gasteiger partial charge on any atom is -0.0656 e. The maximum Gasteiger partial charge on any atom is 0.0775 e. The Kier molecular flexibility index (Phi) is 6.36. The van der Waals surface area contributed by atoms with Crippen LogP contribution in [0.3, 0.4) is 0 Å². The van der Waals surface area contributed by atoms with E-state index in [4.69, 9.17) is 0 Å². The molecule has 180 valence electrons. The second-order valence-electron chi connectivity index (χ2n) is 12.0. The lowest BCUT2D eigenvalue weighted by molar-refractivity contribution is 1.60. The molecule has 5 rings (SSSR count). The smallest absolute Gasteiger partial charge is 0.0656 e. The van der Waals surface area contributed by atoms with Crippen LogP contribution in [0.4, 0.5) is 0 Å². The summed E-state index contributed by atoms with van der Waals surface area (Å²) in [5.74, 6) is 0. The molecule has 0 spiro atoms. The van der Waals surface area contributed by atoms with E-state index in [2.05, 4.69) is 148 Å². The van der Waals surface area contributed by atoms with Gasteiger partial charge in [-0.1, -0.05) is 147 Å². The van der Waals surface area contributed by atoms with E-state index < -0.39 is 16.1 Å². The third-order valence-corrected chi connectivity index (χ3v) is 11.4. The van der Waals surface area contributed by atoms with Crippen LogP contribution in [0.5, 0.6) is 0 Å². The van der Waals surface area contributed by atoms with Crippen molar-refractivity contribution in [3.05, 3.63) is 109 Å². The third kappa shape index (κ3) is 5.16. The molecule has 0 aliphatic rings. The molecule has 36 heavy (non-hydrogen) atoms. The Balaban J connectivity index is 1.38. The first-order valence-electron chi connectivity index (χ1n) is 12.9. The molecule has 0 bridgehead atoms. The maximum atomic E-state index is 2.40. The van der Waals surface area contributed by atoms with Crippen molar-refractivity contribution in [3.8, 4) is 33.4 Å². The van der Waals surface area contributed by atoms with Crippen LogP contribution in [0.2, 0.25) is 39.3 Å². The lowest BCUT2D eigenvalue weighted by Gasteiger charge is -2.17. The van der Waals surface area contributed by atoms with Gasteiger partial charge in [0.15, 0.2) is 0 Å². The fourth-order valence-corrected chi connectivity index (χ4v) is 7.12. The van der Waals surface area contributed by atoms with E-state index in [0.717, 1.165) is 0 Å². The van der Waals surface area contributed by atoms with Crippen molar-refractivity contribution in [2.45, 2.75) is 39.3 Å². The molecule has 5 aromatic rings. The van der Waals surface area contributed by atoms with Gasteiger partial charge in [0.2, 0.25) is 0 Å². The molecular weight excluding hydrogens is 465 g/mol. The van der Waals surface area contributed by atoms with Gasteiger partial charge < -0.3 is 0 Å². The van der Waals surface area contributed by atoms with Gasteiger partial charge in [0.25, 0.3) is 0 Å². The van der Waals surface area contributed by atoms with Crippen LogP contribution in [-0.4, -0.2) is 16.1 Å². The van der Waals surface area contributed by atoms with E-state index in [-0.39, 0.29) is 0 Å². The van der Waals surface area contributed by atoms with Gasteiger partial charge >= 0.3 is 0 Å². The summed E-state index contributed by atoms with van der Waals surface area (Å²) in [7, 11) is -2.53. The normalized spacial score (nSPS) is 12.2. The van der Waals surface area contributed by atoms with Crippen LogP contribution in [0.1, 0.15) is 0 Å². The highest BCUT2D eigenvalue weighted by atomic mass is 28.3. The van der Waals surface area contributed by atoms with Crippen molar-refractivity contribution in [3.63, 3.8) is 0 Å². The minimum atomic E-state index is -1.27. The number of hydrogen-bond acceptors (Lipinski definition) is 0. The van der Waals surface area contributed by atoms with Gasteiger partial charge in [0, 0.05) is 0 Å². The number of rotatable bonds is 5. The van der Waals surface area contributed by atoms with Gasteiger partial charge in [-0.15, -0.1) is 0 Å². The molecule has 0 aliphatic heterocycles. The third-order valence-electron chi connectivity index (χ3n) is 7.23. The summed E-state index contributed by atoms with van der Waals surface area (Å²) in [6, 6.07) is 41.0. The first-order valence-corrected chi connectivity index (χ1v) is 19.9. The average molecular weight is 501 g/mol. The zero-order chi connectivity index (χ0) is 25.5. The van der Waals surface area contributed by atoms with Crippen molar-refractivity contribution in [2.75, 3.05) is 0 Å². The SMILES string of the molecule is C[Si](C)(C)c1ccc(-c2ccc(-c3ccc4cc(-c5ccc([Si](C)(C)C)cc5)ccc4c3)cc2)cc1. The molecule has 0 aliphatic carbocycles. The Morgan fingerprint density at radius 2 is 0.556 bits per heavy atom. The van der Waals surface area contributed by atoms with Crippen LogP contribution >= 0.6 is 0 Å². The molecule has 2 heteroatoms. The Morgan fingerprint density at radius 3 is 0.861 bits per heavy atom. The largest absolute Gasteiger partial charge is 0.0775 e. The number of benzene rings is 5. The molecule has 0 saturated heterocycles. The Morgan fingerprint density at radius 1 is 0.306 bits per heavy atom. The maximum absolute atomic E-state index is 2.40. The van der Waals surface area contributed by atoms with Gasteiger partial charge in [-0.2, -0.15) is 0 Å². The van der Waals surface area contributed by atoms with E-state index in [1.807, 2.05) is 0 Å². The van der Waals surface area contributed by atoms with Crippen molar-refractivity contribution in [2.24, 2.45) is 0 Å². The molecule has 0 amide bonds. The number of fused-ring (bicyclic) bond motifs is 1. The highest BCUT2D eigenvalue weighted by molar-refractivity contribution is 6.89. The first kappa shape index (κ1) is 24.5. The van der Waals surface area contributed by atoms with Crippen molar-refractivity contribution in [1.29, 1.82) is 0 Å². The first-order chi connectivity index (χ1) is 17.1. The minimum absolute atomic E-state index is 1.25. The quantitative estimate of drug-likeness (QED) is 0.211. The molecule has 0 atom stereocenters. The van der Waals surface area contributed by atoms with E-state index in [1.54, 1.807) is 0 Å². The van der Waals surface area contributed by atoms with Gasteiger partial charge in [0.05, 0.1) is 16.1 Å². The Hall–Kier alpha value is -3.21. The monoisotopic (exact) mass is 500 g/mol. The summed E-state index contributed by atoms with van der Waals surface area (Å²) >= 11 is 0. The molecular formula is C34H36Si2. The summed E-state index contributed by atoms with van der Waals surface area (Å²) < 4.78 is 0. The van der Waals surface area contributed by atoms with Gasteiger partial charge in [0.1, 0.15) is 0 Å². The van der Waals surface area contributed by atoms with E-state index >= 15 is 0 Å². The molecule has 0 N–H and O–H groups in total. The molecule has 0 saturated carbocycles. The standard InChI is InChI=1S/C34H36Si2/c1-35(2,3)33-19-15-26(16-20-33)25-7-9-27(10-8-25)29-11-13-32-24-30(12-14-31(32)23-29)28-17-21-34(22-18-28)36(4,5)6/h7-24H,1-6H3. The van der Waals surface area contributed by atoms with Crippen LogP contribution < -0.4 is 10.4 Å². The Labute approximate surface area is 218 Å². The highest BCUT2D eigenvalue weighted by Crippen LogP contribution is 2.30. The Bertz CT molecular complexity index is 1500. The zero-order valence-electron chi connectivity index (χ0n) is 22.4. The molecule has 0 radical (unpaired) electrons. The summed E-state index contributed by atoms with van der Waals surface area (Å²) in [5, 5.41) is 5.57. The van der Waals surface area contributed by atoms with Crippen LogP contribution in [0.15, 0.2) is 109 Å². The molecule has 0 heterocycles. The van der Waals surface area contributed by atoms with Gasteiger partial charge in [-0.25, -0.2) is 0 Å². The predicted octanol–water partition coefficient (Wildman–Crippen LogP) is 8.93. The van der Waals surface area contributed by atoms with Crippen LogP contribution in [-0.2, 0) is 0 Å². The van der Waals surface area contributed by atoms with E-state index in [9.17, 15) is 0 Å². The molecule has 0 nitrogen and oxygen atoms in total. The van der Waals surface area contributed by atoms with E-state index in [0.29, 0.717) is 0 Å². The fourth-order valence-electron chi connectivity index (χ4n) is 4.79. The predicted molar refractivity (Wildman–Crippen MR) is 166 cm³/mol. The second-order valence-corrected chi connectivity index (χ2v) is 22.2. The summed E-state index contributed by atoms with van der Waals surface area (Å²) in [4.78, 5) is 0. The summed E-state index contributed by atoms with van der Waals surface area (Å²) in [6.07, 6.45) is 0. The fraction of sp³-hybridized carbons (Fsp3) is 0.176. The molecule has 0 fully saturated rings. The van der Waals surface area contributed by atoms with Gasteiger partial charge in [-0.05, 0) is 56.3 Å². The summed E-state index contributed by atoms with van der Waals surface area (Å²) in [5.41, 5.74) is 7.64. The topological polar surface area (TPSA) is 0 Å². The van der Waals surface area contributed by atoms with E-state index in [1.165, 1.54) is 54.5 Å². The van der Waals surface area contributed by atoms with Crippen molar-refractivity contribution in [1.82, 2.24) is 0 Å². The van der Waals surface area contributed by atoms with Crippen molar-refractivity contribution >= 4 is 37.3 Å².